The summed E-state index contributed by atoms with van der Waals surface area (Å²) in [4.78, 5) is 0. The molecule has 2 nitrogen and oxygen atoms in total. The fraction of sp³-hybridized carbons (Fsp3) is 1.00. The van der Waals surface area contributed by atoms with Crippen LogP contribution in [0.4, 0.5) is 0 Å². The molecule has 0 atom stereocenters. The fourth-order valence-corrected chi connectivity index (χ4v) is 5.25. The van der Waals surface area contributed by atoms with Gasteiger partial charge in [0.15, 0.2) is 7.29 Å². The molecule has 0 aromatic carbocycles. The SMILES string of the molecule is CCCNP(=O)(C(C)(C)C)C(C)(C)C. The van der Waals surface area contributed by atoms with Crippen LogP contribution in [0.15, 0.2) is 0 Å². The second-order valence-electron chi connectivity index (χ2n) is 5.86. The molecule has 0 bridgehead atoms. The highest BCUT2D eigenvalue weighted by atomic mass is 31.2. The van der Waals surface area contributed by atoms with Crippen molar-refractivity contribution in [3.63, 3.8) is 0 Å². The van der Waals surface area contributed by atoms with E-state index in [9.17, 15) is 4.57 Å². The van der Waals surface area contributed by atoms with Crippen LogP contribution in [-0.4, -0.2) is 16.9 Å². The van der Waals surface area contributed by atoms with Crippen LogP contribution in [0.3, 0.4) is 0 Å². The summed E-state index contributed by atoms with van der Waals surface area (Å²) in [6.45, 7) is 15.3. The molecule has 0 aliphatic carbocycles. The van der Waals surface area contributed by atoms with Crippen LogP contribution >= 0.6 is 7.29 Å². The quantitative estimate of drug-likeness (QED) is 0.730. The van der Waals surface area contributed by atoms with E-state index in [1.165, 1.54) is 0 Å². The summed E-state index contributed by atoms with van der Waals surface area (Å²) in [5, 5.41) is 2.95. The van der Waals surface area contributed by atoms with Crippen molar-refractivity contribution in [2.45, 2.75) is 65.2 Å². The molecular weight excluding hydrogens is 193 g/mol. The summed E-state index contributed by atoms with van der Waals surface area (Å²) < 4.78 is 12.9. The lowest BCUT2D eigenvalue weighted by atomic mass is 10.2. The van der Waals surface area contributed by atoms with E-state index in [-0.39, 0.29) is 10.3 Å². The third-order valence-corrected chi connectivity index (χ3v) is 6.92. The standard InChI is InChI=1S/C11H26NOP/c1-8-9-12-14(13,10(2,3)4)11(5,6)7/h8-9H2,1-7H3,(H,12,13). The Balaban J connectivity index is 4.99. The molecule has 0 aromatic heterocycles. The lowest BCUT2D eigenvalue weighted by Crippen LogP contribution is -2.37. The minimum atomic E-state index is -2.35. The molecule has 0 rings (SSSR count). The molecule has 1 N–H and O–H groups in total. The maximum Gasteiger partial charge on any atom is 0.157 e. The van der Waals surface area contributed by atoms with Crippen molar-refractivity contribution < 1.29 is 4.57 Å². The monoisotopic (exact) mass is 219 g/mol. The number of hydrogen-bond acceptors (Lipinski definition) is 1. The first kappa shape index (κ1) is 14.2. The van der Waals surface area contributed by atoms with E-state index in [0.29, 0.717) is 0 Å². The molecule has 0 unspecified atom stereocenters. The molecule has 0 spiro atoms. The van der Waals surface area contributed by atoms with Crippen LogP contribution in [0.5, 0.6) is 0 Å². The van der Waals surface area contributed by atoms with Crippen LogP contribution in [0, 0.1) is 0 Å². The van der Waals surface area contributed by atoms with Crippen LogP contribution in [0.25, 0.3) is 0 Å². The maximum atomic E-state index is 12.9. The summed E-state index contributed by atoms with van der Waals surface area (Å²) in [7, 11) is -2.35. The van der Waals surface area contributed by atoms with Gasteiger partial charge in [-0.25, -0.2) is 0 Å². The second kappa shape index (κ2) is 4.37. The number of nitrogens with one attached hydrogen (secondary N) is 1. The predicted octanol–water partition coefficient (Wildman–Crippen LogP) is 3.86. The van der Waals surface area contributed by atoms with Gasteiger partial charge in [0.05, 0.1) is 0 Å². The molecule has 86 valence electrons. The zero-order valence-electron chi connectivity index (χ0n) is 10.8. The summed E-state index contributed by atoms with van der Waals surface area (Å²) in [6.07, 6.45) is 1.02. The van der Waals surface area contributed by atoms with Gasteiger partial charge in [-0.1, -0.05) is 48.5 Å². The first-order valence-corrected chi connectivity index (χ1v) is 7.12. The Morgan fingerprint density at radius 3 is 1.57 bits per heavy atom. The van der Waals surface area contributed by atoms with E-state index in [4.69, 9.17) is 0 Å². The van der Waals surface area contributed by atoms with Gasteiger partial charge in [-0.2, -0.15) is 0 Å². The van der Waals surface area contributed by atoms with E-state index in [1.807, 2.05) is 0 Å². The molecule has 0 aromatic rings. The molecule has 0 saturated heterocycles. The average Bonchev–Trinajstić information content (AvgIpc) is 1.95. The first-order valence-electron chi connectivity index (χ1n) is 5.41. The topological polar surface area (TPSA) is 29.1 Å². The zero-order chi connectivity index (χ0) is 11.6. The summed E-state index contributed by atoms with van der Waals surface area (Å²) >= 11 is 0. The van der Waals surface area contributed by atoms with Gasteiger partial charge in [0.25, 0.3) is 0 Å². The molecule has 0 saturated carbocycles. The Bertz CT molecular complexity index is 204. The van der Waals surface area contributed by atoms with Crippen molar-refractivity contribution in [3.05, 3.63) is 0 Å². The van der Waals surface area contributed by atoms with Gasteiger partial charge in [0.2, 0.25) is 0 Å². The second-order valence-corrected chi connectivity index (χ2v) is 10.1. The van der Waals surface area contributed by atoms with Crippen molar-refractivity contribution in [2.75, 3.05) is 6.54 Å². The van der Waals surface area contributed by atoms with Crippen molar-refractivity contribution in [2.24, 2.45) is 0 Å². The lowest BCUT2D eigenvalue weighted by Gasteiger charge is -2.41. The van der Waals surface area contributed by atoms with Crippen LogP contribution in [0.2, 0.25) is 0 Å². The summed E-state index contributed by atoms with van der Waals surface area (Å²) in [5.74, 6) is 0. The molecule has 3 heteroatoms. The zero-order valence-corrected chi connectivity index (χ0v) is 11.7. The lowest BCUT2D eigenvalue weighted by molar-refractivity contribution is 0.503. The molecule has 14 heavy (non-hydrogen) atoms. The van der Waals surface area contributed by atoms with E-state index in [0.717, 1.165) is 13.0 Å². The Morgan fingerprint density at radius 1 is 1.00 bits per heavy atom. The Morgan fingerprint density at radius 2 is 1.36 bits per heavy atom. The van der Waals surface area contributed by atoms with Crippen LogP contribution in [0.1, 0.15) is 54.9 Å². The summed E-state index contributed by atoms with van der Waals surface area (Å²) in [5.41, 5.74) is 0. The van der Waals surface area contributed by atoms with Gasteiger partial charge in [-0.05, 0) is 6.42 Å². The highest BCUT2D eigenvalue weighted by molar-refractivity contribution is 7.65. The molecule has 0 heterocycles. The molecule has 0 aliphatic rings. The van der Waals surface area contributed by atoms with Gasteiger partial charge in [-0.15, -0.1) is 0 Å². The van der Waals surface area contributed by atoms with E-state index in [2.05, 4.69) is 53.6 Å². The van der Waals surface area contributed by atoms with E-state index >= 15 is 0 Å². The minimum Gasteiger partial charge on any atom is -0.306 e. The van der Waals surface area contributed by atoms with Crippen molar-refractivity contribution in [3.8, 4) is 0 Å². The first-order chi connectivity index (χ1) is 6.06. The molecule has 0 radical (unpaired) electrons. The van der Waals surface area contributed by atoms with Crippen molar-refractivity contribution in [1.29, 1.82) is 0 Å². The third-order valence-electron chi connectivity index (χ3n) is 2.47. The molecule has 0 amide bonds. The normalized spacial score (nSPS) is 14.5. The Hall–Kier alpha value is 0.190. The third kappa shape index (κ3) is 2.84. The van der Waals surface area contributed by atoms with Crippen LogP contribution < -0.4 is 5.09 Å². The van der Waals surface area contributed by atoms with Crippen molar-refractivity contribution in [1.82, 2.24) is 5.09 Å². The Kier molecular flexibility index (Phi) is 4.42. The molecule has 0 aliphatic heterocycles. The average molecular weight is 219 g/mol. The molecular formula is C11H26NOP. The minimum absolute atomic E-state index is 0.166. The van der Waals surface area contributed by atoms with E-state index < -0.39 is 7.29 Å². The number of rotatable bonds is 3. The predicted molar refractivity (Wildman–Crippen MR) is 65.4 cm³/mol. The number of hydrogen-bond donors (Lipinski definition) is 1. The highest BCUT2D eigenvalue weighted by Crippen LogP contribution is 2.63. The largest absolute Gasteiger partial charge is 0.306 e. The van der Waals surface area contributed by atoms with Gasteiger partial charge in [0.1, 0.15) is 0 Å². The Labute approximate surface area is 89.3 Å². The summed E-state index contributed by atoms with van der Waals surface area (Å²) in [6, 6.07) is 0. The van der Waals surface area contributed by atoms with Crippen molar-refractivity contribution >= 4 is 7.29 Å². The van der Waals surface area contributed by atoms with E-state index in [1.54, 1.807) is 0 Å². The van der Waals surface area contributed by atoms with Crippen LogP contribution in [-0.2, 0) is 4.57 Å². The van der Waals surface area contributed by atoms with Gasteiger partial charge < -0.3 is 4.57 Å². The smallest absolute Gasteiger partial charge is 0.157 e. The molecule has 0 fully saturated rings. The van der Waals surface area contributed by atoms with Gasteiger partial charge in [-0.3, -0.25) is 5.09 Å². The van der Waals surface area contributed by atoms with Gasteiger partial charge >= 0.3 is 0 Å². The maximum absolute atomic E-state index is 12.9. The van der Waals surface area contributed by atoms with Gasteiger partial charge in [0, 0.05) is 16.9 Å². The highest BCUT2D eigenvalue weighted by Gasteiger charge is 2.45. The fourth-order valence-electron chi connectivity index (χ4n) is 1.75.